The molecule has 0 rings (SSSR count). The first-order valence-electron chi connectivity index (χ1n) is 9.32. The average molecular weight is 332 g/mol. The number of unbranched alkanes of at least 4 members (excludes halogenated alkanes) is 10. The molecule has 0 aliphatic rings. The molecule has 0 heterocycles. The Labute approximate surface area is 138 Å². The molecule has 0 aromatic carbocycles. The third-order valence-electron chi connectivity index (χ3n) is 4.00. The van der Waals surface area contributed by atoms with Crippen LogP contribution in [0.3, 0.4) is 0 Å². The summed E-state index contributed by atoms with van der Waals surface area (Å²) < 4.78 is 18.0. The van der Waals surface area contributed by atoms with E-state index in [9.17, 15) is 9.36 Å². The van der Waals surface area contributed by atoms with Crippen molar-refractivity contribution in [3.63, 3.8) is 0 Å². The van der Waals surface area contributed by atoms with Crippen LogP contribution < -0.4 is 0 Å². The van der Waals surface area contributed by atoms with Crippen molar-refractivity contribution >= 4 is 13.3 Å². The van der Waals surface area contributed by atoms with Crippen molar-refractivity contribution in [2.45, 2.75) is 97.8 Å². The van der Waals surface area contributed by atoms with Crippen LogP contribution in [-0.2, 0) is 13.9 Å². The molecule has 0 bridgehead atoms. The topological polar surface area (TPSA) is 43.4 Å². The van der Waals surface area contributed by atoms with Gasteiger partial charge in [0.25, 0.3) is 7.37 Å². The SMILES string of the molecule is CCCCCCCCP(=O)(CCCCCCCC)OC(C)=O. The Morgan fingerprint density at radius 3 is 1.45 bits per heavy atom. The van der Waals surface area contributed by atoms with Crippen molar-refractivity contribution in [3.05, 3.63) is 0 Å². The Bertz CT molecular complexity index is 295. The highest BCUT2D eigenvalue weighted by molar-refractivity contribution is 7.59. The van der Waals surface area contributed by atoms with Gasteiger partial charge in [-0.1, -0.05) is 78.1 Å². The van der Waals surface area contributed by atoms with Crippen molar-refractivity contribution in [1.29, 1.82) is 0 Å². The van der Waals surface area contributed by atoms with Crippen molar-refractivity contribution < 1.29 is 13.9 Å². The Morgan fingerprint density at radius 2 is 1.09 bits per heavy atom. The quantitative estimate of drug-likeness (QED) is 0.252. The largest absolute Gasteiger partial charge is 0.412 e. The van der Waals surface area contributed by atoms with Gasteiger partial charge in [0.1, 0.15) is 0 Å². The summed E-state index contributed by atoms with van der Waals surface area (Å²) in [6.45, 7) is 5.78. The zero-order valence-electron chi connectivity index (χ0n) is 15.1. The first-order chi connectivity index (χ1) is 10.5. The first-order valence-corrected chi connectivity index (χ1v) is 11.3. The summed E-state index contributed by atoms with van der Waals surface area (Å²) >= 11 is 0. The highest BCUT2D eigenvalue weighted by Gasteiger charge is 2.24. The van der Waals surface area contributed by atoms with Gasteiger partial charge in [-0.25, -0.2) is 0 Å². The molecular formula is C18H37O3P. The molecule has 0 atom stereocenters. The molecule has 0 saturated carbocycles. The van der Waals surface area contributed by atoms with Crippen molar-refractivity contribution in [1.82, 2.24) is 0 Å². The third kappa shape index (κ3) is 13.4. The van der Waals surface area contributed by atoms with E-state index in [-0.39, 0.29) is 5.97 Å². The molecule has 0 radical (unpaired) electrons. The Hall–Kier alpha value is -0.300. The number of hydrogen-bond acceptors (Lipinski definition) is 3. The highest BCUT2D eigenvalue weighted by atomic mass is 31.2. The van der Waals surface area contributed by atoms with Crippen LogP contribution in [0.1, 0.15) is 97.8 Å². The van der Waals surface area contributed by atoms with Gasteiger partial charge in [0.05, 0.1) is 0 Å². The lowest BCUT2D eigenvalue weighted by Crippen LogP contribution is -2.05. The third-order valence-corrected chi connectivity index (χ3v) is 6.58. The first kappa shape index (κ1) is 21.7. The van der Waals surface area contributed by atoms with Gasteiger partial charge in [-0.2, -0.15) is 0 Å². The van der Waals surface area contributed by atoms with E-state index in [0.29, 0.717) is 12.3 Å². The smallest absolute Gasteiger partial charge is 0.307 e. The van der Waals surface area contributed by atoms with Crippen LogP contribution in [-0.4, -0.2) is 18.3 Å². The molecule has 0 fully saturated rings. The molecule has 0 amide bonds. The molecular weight excluding hydrogens is 295 g/mol. The van der Waals surface area contributed by atoms with Crippen LogP contribution in [0.25, 0.3) is 0 Å². The summed E-state index contributed by atoms with van der Waals surface area (Å²) in [6.07, 6.45) is 15.1. The van der Waals surface area contributed by atoms with Gasteiger partial charge in [0.15, 0.2) is 0 Å². The number of carbonyl (C=O) groups excluding carboxylic acids is 1. The van der Waals surface area contributed by atoms with E-state index in [1.54, 1.807) is 0 Å². The molecule has 3 nitrogen and oxygen atoms in total. The zero-order chi connectivity index (χ0) is 16.7. The second-order valence-electron chi connectivity index (χ2n) is 6.38. The van der Waals surface area contributed by atoms with E-state index < -0.39 is 7.37 Å². The summed E-state index contributed by atoms with van der Waals surface area (Å²) in [7, 11) is -2.74. The molecule has 0 N–H and O–H groups in total. The normalized spacial score (nSPS) is 11.6. The predicted molar refractivity (Wildman–Crippen MR) is 95.9 cm³/mol. The summed E-state index contributed by atoms with van der Waals surface area (Å²) in [5.41, 5.74) is 0. The number of rotatable bonds is 15. The van der Waals surface area contributed by atoms with Crippen molar-refractivity contribution in [3.8, 4) is 0 Å². The minimum atomic E-state index is -2.74. The van der Waals surface area contributed by atoms with Gasteiger partial charge in [-0.05, 0) is 12.8 Å². The zero-order valence-corrected chi connectivity index (χ0v) is 16.0. The molecule has 0 aromatic rings. The number of carbonyl (C=O) groups is 1. The van der Waals surface area contributed by atoms with Gasteiger partial charge in [0, 0.05) is 19.2 Å². The second kappa shape index (κ2) is 14.3. The van der Waals surface area contributed by atoms with Gasteiger partial charge >= 0.3 is 5.97 Å². The Kier molecular flexibility index (Phi) is 14.1. The van der Waals surface area contributed by atoms with E-state index in [4.69, 9.17) is 4.52 Å². The highest BCUT2D eigenvalue weighted by Crippen LogP contribution is 2.48. The summed E-state index contributed by atoms with van der Waals surface area (Å²) in [6, 6.07) is 0. The molecule has 0 aliphatic heterocycles. The summed E-state index contributed by atoms with van der Waals surface area (Å²) in [5.74, 6) is -0.389. The molecule has 0 unspecified atom stereocenters. The van der Waals surface area contributed by atoms with E-state index in [1.807, 2.05) is 0 Å². The van der Waals surface area contributed by atoms with E-state index >= 15 is 0 Å². The van der Waals surface area contributed by atoms with Crippen LogP contribution in [0, 0.1) is 0 Å². The average Bonchev–Trinajstić information content (AvgIpc) is 2.46. The minimum absolute atomic E-state index is 0.389. The lowest BCUT2D eigenvalue weighted by molar-refractivity contribution is -0.131. The van der Waals surface area contributed by atoms with Crippen molar-refractivity contribution in [2.75, 3.05) is 12.3 Å². The van der Waals surface area contributed by atoms with Gasteiger partial charge in [-0.3, -0.25) is 9.36 Å². The van der Waals surface area contributed by atoms with Crippen LogP contribution in [0.15, 0.2) is 0 Å². The monoisotopic (exact) mass is 332 g/mol. The number of hydrogen-bond donors (Lipinski definition) is 0. The van der Waals surface area contributed by atoms with E-state index in [1.165, 1.54) is 58.3 Å². The lowest BCUT2D eigenvalue weighted by Gasteiger charge is -2.17. The maximum absolute atomic E-state index is 12.8. The maximum atomic E-state index is 12.8. The fourth-order valence-corrected chi connectivity index (χ4v) is 4.99. The van der Waals surface area contributed by atoms with E-state index in [2.05, 4.69) is 13.8 Å². The fourth-order valence-electron chi connectivity index (χ4n) is 2.70. The molecule has 22 heavy (non-hydrogen) atoms. The summed E-state index contributed by atoms with van der Waals surface area (Å²) in [5, 5.41) is 0. The molecule has 0 aliphatic carbocycles. The standard InChI is InChI=1S/C18H37O3P/c1-4-6-8-10-12-14-16-22(20,21-18(3)19)17-15-13-11-9-7-5-2/h4-17H2,1-3H3. The summed E-state index contributed by atoms with van der Waals surface area (Å²) in [4.78, 5) is 11.2. The van der Waals surface area contributed by atoms with Crippen molar-refractivity contribution in [2.24, 2.45) is 0 Å². The Morgan fingerprint density at radius 1 is 0.727 bits per heavy atom. The predicted octanol–water partition coefficient (Wildman–Crippen LogP) is 6.55. The van der Waals surface area contributed by atoms with Crippen LogP contribution in [0.5, 0.6) is 0 Å². The molecule has 0 saturated heterocycles. The Balaban J connectivity index is 3.96. The van der Waals surface area contributed by atoms with Crippen LogP contribution in [0.2, 0.25) is 0 Å². The second-order valence-corrected chi connectivity index (χ2v) is 9.09. The van der Waals surface area contributed by atoms with Crippen LogP contribution in [0.4, 0.5) is 0 Å². The van der Waals surface area contributed by atoms with Gasteiger partial charge in [-0.15, -0.1) is 0 Å². The van der Waals surface area contributed by atoms with Gasteiger partial charge in [0.2, 0.25) is 0 Å². The molecule has 0 aromatic heterocycles. The minimum Gasteiger partial charge on any atom is -0.412 e. The molecule has 0 spiro atoms. The maximum Gasteiger partial charge on any atom is 0.307 e. The molecule has 132 valence electrons. The van der Waals surface area contributed by atoms with E-state index in [0.717, 1.165) is 25.7 Å². The lowest BCUT2D eigenvalue weighted by atomic mass is 10.1. The fraction of sp³-hybridized carbons (Fsp3) is 0.944. The van der Waals surface area contributed by atoms with Crippen LogP contribution >= 0.6 is 7.37 Å². The molecule has 4 heteroatoms. The van der Waals surface area contributed by atoms with Gasteiger partial charge < -0.3 is 4.52 Å².